The van der Waals surface area contributed by atoms with Gasteiger partial charge in [-0.2, -0.15) is 0 Å². The van der Waals surface area contributed by atoms with E-state index in [0.29, 0.717) is 0 Å². The molecule has 0 saturated carbocycles. The van der Waals surface area contributed by atoms with Crippen molar-refractivity contribution < 1.29 is 5.11 Å². The summed E-state index contributed by atoms with van der Waals surface area (Å²) in [5.74, 6) is 0.268. The van der Waals surface area contributed by atoms with Crippen molar-refractivity contribution >= 4 is 0 Å². The zero-order valence-electron chi connectivity index (χ0n) is 4.96. The van der Waals surface area contributed by atoms with Crippen LogP contribution in [0.15, 0.2) is 36.6 Å². The Kier molecular flexibility index (Phi) is 3.67. The molecule has 0 aromatic carbocycles. The van der Waals surface area contributed by atoms with Gasteiger partial charge in [0.05, 0.1) is 0 Å². The van der Waals surface area contributed by atoms with Gasteiger partial charge in [-0.1, -0.05) is 18.7 Å². The van der Waals surface area contributed by atoms with Crippen LogP contribution in [0.25, 0.3) is 0 Å². The molecule has 0 unspecified atom stereocenters. The fourth-order valence-electron chi connectivity index (χ4n) is 0.263. The molecule has 0 heterocycles. The van der Waals surface area contributed by atoms with Gasteiger partial charge >= 0.3 is 0 Å². The number of hydrogen-bond donors (Lipinski definition) is 1. The maximum atomic E-state index is 8.72. The van der Waals surface area contributed by atoms with Crippen LogP contribution < -0.4 is 0 Å². The summed E-state index contributed by atoms with van der Waals surface area (Å²) in [6.07, 6.45) is 6.47. The predicted molar refractivity (Wildman–Crippen MR) is 35.7 cm³/mol. The average molecular weight is 110 g/mol. The van der Waals surface area contributed by atoms with E-state index in [1.165, 1.54) is 0 Å². The monoisotopic (exact) mass is 110 g/mol. The molecule has 8 heavy (non-hydrogen) atoms. The summed E-state index contributed by atoms with van der Waals surface area (Å²) in [5.41, 5.74) is 0. The molecular formula is C7H10O. The highest BCUT2D eigenvalue weighted by molar-refractivity contribution is 5.13. The molecule has 0 radical (unpaired) electrons. The maximum absolute atomic E-state index is 8.72. The van der Waals surface area contributed by atoms with Crippen molar-refractivity contribution in [3.63, 3.8) is 0 Å². The minimum atomic E-state index is 0.268. The molecule has 0 atom stereocenters. The Bertz CT molecular complexity index is 120. The Morgan fingerprint density at radius 3 is 2.62 bits per heavy atom. The quantitative estimate of drug-likeness (QED) is 0.426. The smallest absolute Gasteiger partial charge is 0.111 e. The fourth-order valence-corrected chi connectivity index (χ4v) is 0.263. The highest BCUT2D eigenvalue weighted by Crippen LogP contribution is 1.88. The third-order valence-corrected chi connectivity index (χ3v) is 0.699. The van der Waals surface area contributed by atoms with Crippen LogP contribution in [-0.4, -0.2) is 5.11 Å². The first-order valence-corrected chi connectivity index (χ1v) is 2.45. The SMILES string of the molecule is C=C/C=C\C(O)=C\C. The molecule has 0 aliphatic heterocycles. The Balaban J connectivity index is 3.69. The number of hydrogen-bond acceptors (Lipinski definition) is 1. The minimum Gasteiger partial charge on any atom is -0.508 e. The molecule has 0 aromatic heterocycles. The van der Waals surface area contributed by atoms with Crippen LogP contribution >= 0.6 is 0 Å². The van der Waals surface area contributed by atoms with Gasteiger partial charge in [0.1, 0.15) is 5.76 Å². The minimum absolute atomic E-state index is 0.268. The van der Waals surface area contributed by atoms with Crippen LogP contribution in [0, 0.1) is 0 Å². The fraction of sp³-hybridized carbons (Fsp3) is 0.143. The first-order chi connectivity index (χ1) is 3.81. The van der Waals surface area contributed by atoms with Crippen LogP contribution in [0.1, 0.15) is 6.92 Å². The van der Waals surface area contributed by atoms with Gasteiger partial charge in [-0.05, 0) is 19.1 Å². The van der Waals surface area contributed by atoms with E-state index >= 15 is 0 Å². The molecule has 0 amide bonds. The number of aliphatic hydroxyl groups is 1. The van der Waals surface area contributed by atoms with Crippen molar-refractivity contribution in [1.82, 2.24) is 0 Å². The lowest BCUT2D eigenvalue weighted by molar-refractivity contribution is 0.431. The second-order valence-electron chi connectivity index (χ2n) is 1.31. The lowest BCUT2D eigenvalue weighted by Gasteiger charge is -1.82. The van der Waals surface area contributed by atoms with Gasteiger partial charge < -0.3 is 5.11 Å². The third kappa shape index (κ3) is 3.22. The summed E-state index contributed by atoms with van der Waals surface area (Å²) >= 11 is 0. The summed E-state index contributed by atoms with van der Waals surface area (Å²) < 4.78 is 0. The van der Waals surface area contributed by atoms with E-state index in [-0.39, 0.29) is 5.76 Å². The lowest BCUT2D eigenvalue weighted by atomic mass is 10.4. The molecule has 1 heteroatoms. The summed E-state index contributed by atoms with van der Waals surface area (Å²) in [6, 6.07) is 0. The zero-order valence-corrected chi connectivity index (χ0v) is 4.96. The van der Waals surface area contributed by atoms with Crippen LogP contribution in [-0.2, 0) is 0 Å². The summed E-state index contributed by atoms with van der Waals surface area (Å²) in [7, 11) is 0. The number of allylic oxidation sites excluding steroid dienone is 4. The lowest BCUT2D eigenvalue weighted by Crippen LogP contribution is -1.67. The van der Waals surface area contributed by atoms with E-state index in [1.54, 1.807) is 31.2 Å². The van der Waals surface area contributed by atoms with Gasteiger partial charge in [-0.25, -0.2) is 0 Å². The van der Waals surface area contributed by atoms with E-state index in [9.17, 15) is 0 Å². The van der Waals surface area contributed by atoms with E-state index in [4.69, 9.17) is 5.11 Å². The van der Waals surface area contributed by atoms with Gasteiger partial charge in [0.25, 0.3) is 0 Å². The van der Waals surface area contributed by atoms with Crippen molar-refractivity contribution in [1.29, 1.82) is 0 Å². The third-order valence-electron chi connectivity index (χ3n) is 0.699. The Morgan fingerprint density at radius 2 is 2.25 bits per heavy atom. The maximum Gasteiger partial charge on any atom is 0.111 e. The largest absolute Gasteiger partial charge is 0.508 e. The number of aliphatic hydroxyl groups excluding tert-OH is 1. The van der Waals surface area contributed by atoms with Gasteiger partial charge in [0, 0.05) is 0 Å². The first kappa shape index (κ1) is 7.02. The van der Waals surface area contributed by atoms with Crippen LogP contribution in [0.4, 0.5) is 0 Å². The molecule has 0 saturated heterocycles. The summed E-state index contributed by atoms with van der Waals surface area (Å²) in [4.78, 5) is 0. The molecule has 1 N–H and O–H groups in total. The predicted octanol–water partition coefficient (Wildman–Crippen LogP) is 2.19. The van der Waals surface area contributed by atoms with Crippen molar-refractivity contribution in [3.8, 4) is 0 Å². The highest BCUT2D eigenvalue weighted by atomic mass is 16.3. The number of rotatable bonds is 2. The summed E-state index contributed by atoms with van der Waals surface area (Å²) in [6.45, 7) is 5.21. The van der Waals surface area contributed by atoms with E-state index in [0.717, 1.165) is 0 Å². The highest BCUT2D eigenvalue weighted by Gasteiger charge is 1.73. The Labute approximate surface area is 49.7 Å². The van der Waals surface area contributed by atoms with E-state index in [1.807, 2.05) is 0 Å². The standard InChI is InChI=1S/C7H10O/c1-3-5-6-7(8)4-2/h3-6,8H,1H2,2H3/b6-5-,7-4-. The molecule has 0 bridgehead atoms. The Hall–Kier alpha value is -0.980. The van der Waals surface area contributed by atoms with Crippen molar-refractivity contribution in [2.75, 3.05) is 0 Å². The Morgan fingerprint density at radius 1 is 1.62 bits per heavy atom. The van der Waals surface area contributed by atoms with Crippen molar-refractivity contribution in [3.05, 3.63) is 36.6 Å². The van der Waals surface area contributed by atoms with Crippen LogP contribution in [0.3, 0.4) is 0 Å². The second-order valence-corrected chi connectivity index (χ2v) is 1.31. The molecule has 1 nitrogen and oxygen atoms in total. The molecular weight excluding hydrogens is 100 g/mol. The topological polar surface area (TPSA) is 20.2 Å². The molecule has 0 aliphatic carbocycles. The molecule has 0 fully saturated rings. The molecule has 0 spiro atoms. The molecule has 44 valence electrons. The molecule has 0 aliphatic rings. The van der Waals surface area contributed by atoms with Crippen molar-refractivity contribution in [2.24, 2.45) is 0 Å². The molecule has 0 aromatic rings. The zero-order chi connectivity index (χ0) is 6.41. The van der Waals surface area contributed by atoms with E-state index < -0.39 is 0 Å². The van der Waals surface area contributed by atoms with Gasteiger partial charge in [0.15, 0.2) is 0 Å². The van der Waals surface area contributed by atoms with Gasteiger partial charge in [-0.15, -0.1) is 0 Å². The van der Waals surface area contributed by atoms with Gasteiger partial charge in [0.2, 0.25) is 0 Å². The van der Waals surface area contributed by atoms with Gasteiger partial charge in [-0.3, -0.25) is 0 Å². The normalized spacial score (nSPS) is 12.4. The first-order valence-electron chi connectivity index (χ1n) is 2.45. The average Bonchev–Trinajstić information content (AvgIpc) is 1.83. The molecule has 0 rings (SSSR count). The van der Waals surface area contributed by atoms with E-state index in [2.05, 4.69) is 6.58 Å². The van der Waals surface area contributed by atoms with Crippen LogP contribution in [0.2, 0.25) is 0 Å². The summed E-state index contributed by atoms with van der Waals surface area (Å²) in [5, 5.41) is 8.72. The van der Waals surface area contributed by atoms with Crippen LogP contribution in [0.5, 0.6) is 0 Å². The second kappa shape index (κ2) is 4.19. The van der Waals surface area contributed by atoms with Crippen molar-refractivity contribution in [2.45, 2.75) is 6.92 Å².